The summed E-state index contributed by atoms with van der Waals surface area (Å²) in [6.07, 6.45) is 4.56. The number of amides is 1. The maximum absolute atomic E-state index is 13.4. The lowest BCUT2D eigenvalue weighted by Crippen LogP contribution is -2.30. The molecule has 3 aromatic rings. The molecular formula is C28H24N2O5S. The van der Waals surface area contributed by atoms with Gasteiger partial charge in [0.15, 0.2) is 22.5 Å². The van der Waals surface area contributed by atoms with E-state index in [0.29, 0.717) is 21.9 Å². The third-order valence-electron chi connectivity index (χ3n) is 5.55. The van der Waals surface area contributed by atoms with Crippen molar-refractivity contribution < 1.29 is 24.2 Å². The van der Waals surface area contributed by atoms with Crippen molar-refractivity contribution in [3.05, 3.63) is 106 Å². The van der Waals surface area contributed by atoms with Crippen molar-refractivity contribution in [3.8, 4) is 5.75 Å². The number of rotatable bonds is 9. The highest BCUT2D eigenvalue weighted by molar-refractivity contribution is 7.17. The fraction of sp³-hybridized carbons (Fsp3) is 0.143. The zero-order valence-electron chi connectivity index (χ0n) is 19.8. The summed E-state index contributed by atoms with van der Waals surface area (Å²) in [4.78, 5) is 44.8. The number of benzene rings is 2. The Morgan fingerprint density at radius 1 is 1.19 bits per heavy atom. The molecule has 182 valence electrons. The predicted molar refractivity (Wildman–Crippen MR) is 139 cm³/mol. The molecule has 0 saturated carbocycles. The second-order valence-electron chi connectivity index (χ2n) is 8.09. The zero-order chi connectivity index (χ0) is 25.8. The molecule has 1 atom stereocenters. The van der Waals surface area contributed by atoms with E-state index < -0.39 is 23.5 Å². The van der Waals surface area contributed by atoms with E-state index in [1.165, 1.54) is 17.9 Å². The Morgan fingerprint density at radius 2 is 1.94 bits per heavy atom. The number of aromatic nitrogens is 1. The molecule has 0 bridgehead atoms. The molecule has 1 unspecified atom stereocenters. The van der Waals surface area contributed by atoms with Gasteiger partial charge in [0, 0.05) is 6.92 Å². The molecule has 1 aliphatic rings. The van der Waals surface area contributed by atoms with Crippen molar-refractivity contribution in [2.75, 3.05) is 11.5 Å². The first kappa shape index (κ1) is 24.8. The first-order valence-electron chi connectivity index (χ1n) is 11.2. The summed E-state index contributed by atoms with van der Waals surface area (Å²) in [5.41, 5.74) is 1.73. The molecule has 1 N–H and O–H groups in total. The summed E-state index contributed by atoms with van der Waals surface area (Å²) in [7, 11) is 0. The van der Waals surface area contributed by atoms with Crippen molar-refractivity contribution in [3.63, 3.8) is 0 Å². The number of aliphatic hydroxyl groups is 1. The Kier molecular flexibility index (Phi) is 7.26. The SMILES string of the molecule is C=CCOc1cccc(C2C(C(=O)C=Cc3ccccc3)=C(O)C(=O)N2c2nc(C)c(C(C)=O)s2)c1. The van der Waals surface area contributed by atoms with Crippen molar-refractivity contribution in [2.24, 2.45) is 0 Å². The van der Waals surface area contributed by atoms with Crippen LogP contribution in [0.1, 0.15) is 39.5 Å². The van der Waals surface area contributed by atoms with Crippen molar-refractivity contribution in [1.29, 1.82) is 0 Å². The van der Waals surface area contributed by atoms with E-state index in [9.17, 15) is 19.5 Å². The molecule has 1 amide bonds. The molecule has 0 fully saturated rings. The Bertz CT molecular complexity index is 1400. The minimum Gasteiger partial charge on any atom is -0.503 e. The van der Waals surface area contributed by atoms with Crippen LogP contribution in [0.3, 0.4) is 0 Å². The molecular weight excluding hydrogens is 476 g/mol. The van der Waals surface area contributed by atoms with Gasteiger partial charge in [-0.05, 0) is 36.3 Å². The monoisotopic (exact) mass is 500 g/mol. The summed E-state index contributed by atoms with van der Waals surface area (Å²) in [5, 5.41) is 11.1. The van der Waals surface area contributed by atoms with Crippen LogP contribution >= 0.6 is 11.3 Å². The summed E-state index contributed by atoms with van der Waals surface area (Å²) in [5.74, 6) is -1.61. The van der Waals surface area contributed by atoms with E-state index >= 15 is 0 Å². The Hall–Kier alpha value is -4.30. The van der Waals surface area contributed by atoms with Gasteiger partial charge in [0.1, 0.15) is 12.4 Å². The highest BCUT2D eigenvalue weighted by Crippen LogP contribution is 2.43. The first-order valence-corrected chi connectivity index (χ1v) is 12.0. The maximum atomic E-state index is 13.4. The number of aliphatic hydroxyl groups excluding tert-OH is 1. The van der Waals surface area contributed by atoms with Gasteiger partial charge in [-0.25, -0.2) is 4.98 Å². The number of allylic oxidation sites excluding steroid dienone is 1. The van der Waals surface area contributed by atoms with Crippen LogP contribution in [0.4, 0.5) is 5.13 Å². The highest BCUT2D eigenvalue weighted by atomic mass is 32.1. The second kappa shape index (κ2) is 10.5. The van der Waals surface area contributed by atoms with Crippen LogP contribution in [0.25, 0.3) is 6.08 Å². The number of ether oxygens (including phenoxy) is 1. The number of hydrogen-bond donors (Lipinski definition) is 1. The Morgan fingerprint density at radius 3 is 2.61 bits per heavy atom. The average Bonchev–Trinajstić information content (AvgIpc) is 3.39. The third-order valence-corrected chi connectivity index (χ3v) is 6.81. The van der Waals surface area contributed by atoms with Gasteiger partial charge in [0.2, 0.25) is 0 Å². The van der Waals surface area contributed by atoms with Crippen LogP contribution in [0.5, 0.6) is 5.75 Å². The summed E-state index contributed by atoms with van der Waals surface area (Å²) in [6, 6.07) is 15.2. The van der Waals surface area contributed by atoms with Gasteiger partial charge in [-0.1, -0.05) is 72.5 Å². The molecule has 0 saturated heterocycles. The minimum atomic E-state index is -0.969. The number of carbonyl (C=O) groups is 3. The first-order chi connectivity index (χ1) is 17.3. The Labute approximate surface area is 212 Å². The number of carbonyl (C=O) groups excluding carboxylic acids is 3. The van der Waals surface area contributed by atoms with E-state index in [-0.39, 0.29) is 23.1 Å². The third kappa shape index (κ3) is 4.89. The number of anilines is 1. The lowest BCUT2D eigenvalue weighted by molar-refractivity contribution is -0.117. The van der Waals surface area contributed by atoms with Gasteiger partial charge in [0.05, 0.1) is 22.2 Å². The van der Waals surface area contributed by atoms with Crippen LogP contribution in [-0.4, -0.2) is 34.2 Å². The number of nitrogens with zero attached hydrogens (tertiary/aromatic N) is 2. The van der Waals surface area contributed by atoms with Gasteiger partial charge in [-0.15, -0.1) is 0 Å². The van der Waals surface area contributed by atoms with Crippen LogP contribution in [0, 0.1) is 6.92 Å². The number of Topliss-reactive ketones (excluding diaryl/α,β-unsaturated/α-hetero) is 1. The van der Waals surface area contributed by atoms with Gasteiger partial charge >= 0.3 is 0 Å². The van der Waals surface area contributed by atoms with Gasteiger partial charge in [0.25, 0.3) is 5.91 Å². The Balaban J connectivity index is 1.81. The summed E-state index contributed by atoms with van der Waals surface area (Å²) in [6.45, 7) is 7.02. The molecule has 0 aliphatic carbocycles. The molecule has 8 heteroatoms. The molecule has 7 nitrogen and oxygen atoms in total. The van der Waals surface area contributed by atoms with Gasteiger partial charge in [-0.2, -0.15) is 0 Å². The van der Waals surface area contributed by atoms with E-state index in [4.69, 9.17) is 4.74 Å². The average molecular weight is 501 g/mol. The van der Waals surface area contributed by atoms with Crippen LogP contribution < -0.4 is 9.64 Å². The van der Waals surface area contributed by atoms with E-state index in [1.54, 1.807) is 43.3 Å². The quantitative estimate of drug-likeness (QED) is 0.240. The van der Waals surface area contributed by atoms with Crippen LogP contribution in [0.15, 0.2) is 84.7 Å². The van der Waals surface area contributed by atoms with Crippen molar-refractivity contribution in [2.45, 2.75) is 19.9 Å². The maximum Gasteiger partial charge on any atom is 0.296 e. The van der Waals surface area contributed by atoms with Gasteiger partial charge in [-0.3, -0.25) is 19.3 Å². The largest absolute Gasteiger partial charge is 0.503 e. The minimum absolute atomic E-state index is 0.0784. The molecule has 36 heavy (non-hydrogen) atoms. The summed E-state index contributed by atoms with van der Waals surface area (Å²) < 4.78 is 5.65. The molecule has 2 heterocycles. The lowest BCUT2D eigenvalue weighted by Gasteiger charge is -2.24. The number of aryl methyl sites for hydroxylation is 1. The molecule has 0 spiro atoms. The van der Waals surface area contributed by atoms with Crippen molar-refractivity contribution >= 4 is 40.0 Å². The fourth-order valence-corrected chi connectivity index (χ4v) is 4.93. The van der Waals surface area contributed by atoms with Gasteiger partial charge < -0.3 is 9.84 Å². The van der Waals surface area contributed by atoms with Crippen LogP contribution in [-0.2, 0) is 9.59 Å². The summed E-state index contributed by atoms with van der Waals surface area (Å²) >= 11 is 1.04. The molecule has 1 aliphatic heterocycles. The standard InChI is InChI=1S/C28H24N2O5S/c1-4-15-35-21-12-8-11-20(16-21)24-23(22(32)14-13-19-9-6-5-7-10-19)25(33)27(34)30(24)28-29-17(2)26(36-28)18(3)31/h4-14,16,24,33H,1,15H2,2-3H3. The number of ketones is 2. The smallest absolute Gasteiger partial charge is 0.296 e. The van der Waals surface area contributed by atoms with E-state index in [2.05, 4.69) is 11.6 Å². The second-order valence-corrected chi connectivity index (χ2v) is 9.07. The molecule has 1 aromatic heterocycles. The predicted octanol–water partition coefficient (Wildman–Crippen LogP) is 5.40. The van der Waals surface area contributed by atoms with Crippen LogP contribution in [0.2, 0.25) is 0 Å². The molecule has 4 rings (SSSR count). The number of thiazole rings is 1. The van der Waals surface area contributed by atoms with E-state index in [0.717, 1.165) is 16.9 Å². The lowest BCUT2D eigenvalue weighted by atomic mass is 9.95. The molecule has 0 radical (unpaired) electrons. The normalized spacial score (nSPS) is 15.6. The zero-order valence-corrected chi connectivity index (χ0v) is 20.6. The highest BCUT2D eigenvalue weighted by Gasteiger charge is 2.45. The number of hydrogen-bond acceptors (Lipinski definition) is 7. The fourth-order valence-electron chi connectivity index (χ4n) is 3.94. The topological polar surface area (TPSA) is 96.8 Å². The van der Waals surface area contributed by atoms with E-state index in [1.807, 2.05) is 30.3 Å². The molecule has 2 aromatic carbocycles. The van der Waals surface area contributed by atoms with Crippen molar-refractivity contribution in [1.82, 2.24) is 4.98 Å².